The number of anilines is 1. The molecule has 0 unspecified atom stereocenters. The number of methoxy groups -OCH3 is 1. The highest BCUT2D eigenvalue weighted by atomic mass is 127. The molecule has 0 N–H and O–H groups in total. The Balaban J connectivity index is 2.41. The van der Waals surface area contributed by atoms with E-state index in [1.165, 1.54) is 4.90 Å². The summed E-state index contributed by atoms with van der Waals surface area (Å²) in [6.07, 6.45) is 1.18. The van der Waals surface area contributed by atoms with Gasteiger partial charge in [0.15, 0.2) is 0 Å². The molecule has 2 aromatic heterocycles. The number of aromatic nitrogens is 2. The quantitative estimate of drug-likeness (QED) is 0.642. The largest absolute Gasteiger partial charge is 0.481 e. The van der Waals surface area contributed by atoms with Crippen molar-refractivity contribution in [2.45, 2.75) is 39.8 Å². The van der Waals surface area contributed by atoms with Crippen molar-refractivity contribution in [1.29, 1.82) is 0 Å². The average molecular weight is 455 g/mol. The Morgan fingerprint density at radius 3 is 2.60 bits per heavy atom. The van der Waals surface area contributed by atoms with E-state index in [2.05, 4.69) is 32.6 Å². The lowest BCUT2D eigenvalue weighted by atomic mass is 10.2. The fourth-order valence-corrected chi connectivity index (χ4v) is 2.44. The maximum absolute atomic E-state index is 12.8. The van der Waals surface area contributed by atoms with Gasteiger partial charge in [-0.25, -0.2) is 14.8 Å². The number of nitrogens with zero attached hydrogens (tertiary/aromatic N) is 3. The lowest BCUT2D eigenvalue weighted by Crippen LogP contribution is -2.37. The van der Waals surface area contributed by atoms with Crippen molar-refractivity contribution in [3.63, 3.8) is 0 Å². The van der Waals surface area contributed by atoms with Crippen molar-refractivity contribution in [2.75, 3.05) is 12.0 Å². The maximum Gasteiger partial charge on any atom is 0.416 e. The highest BCUT2D eigenvalue weighted by Crippen LogP contribution is 2.24. The Morgan fingerprint density at radius 2 is 2.00 bits per heavy atom. The third-order valence-electron chi connectivity index (χ3n) is 3.27. The van der Waals surface area contributed by atoms with Gasteiger partial charge in [0, 0.05) is 15.3 Å². The summed E-state index contributed by atoms with van der Waals surface area (Å²) in [6.45, 7) is 7.66. The topological polar surface area (TPSA) is 64.5 Å². The maximum atomic E-state index is 12.8. The van der Waals surface area contributed by atoms with Crippen LogP contribution >= 0.6 is 22.6 Å². The monoisotopic (exact) mass is 455 g/mol. The van der Waals surface area contributed by atoms with E-state index in [0.717, 1.165) is 14.8 Å². The molecule has 1 amide bonds. The number of hydrogen-bond donors (Lipinski definition) is 0. The molecule has 0 radical (unpaired) electrons. The number of halogens is 1. The van der Waals surface area contributed by atoms with E-state index in [4.69, 9.17) is 9.47 Å². The van der Waals surface area contributed by atoms with Crippen LogP contribution in [0.2, 0.25) is 0 Å². The van der Waals surface area contributed by atoms with Gasteiger partial charge in [-0.05, 0) is 68.5 Å². The third-order valence-corrected chi connectivity index (χ3v) is 4.41. The Kier molecular flexibility index (Phi) is 6.21. The van der Waals surface area contributed by atoms with Gasteiger partial charge in [-0.2, -0.15) is 0 Å². The summed E-state index contributed by atoms with van der Waals surface area (Å²) in [5.74, 6) is 0.997. The van der Waals surface area contributed by atoms with Gasteiger partial charge in [0.25, 0.3) is 0 Å². The number of hydrogen-bond acceptors (Lipinski definition) is 5. The van der Waals surface area contributed by atoms with Crippen LogP contribution in [0.3, 0.4) is 0 Å². The van der Waals surface area contributed by atoms with E-state index in [0.29, 0.717) is 11.7 Å². The van der Waals surface area contributed by atoms with E-state index in [-0.39, 0.29) is 6.54 Å². The highest BCUT2D eigenvalue weighted by Gasteiger charge is 2.26. The molecular weight excluding hydrogens is 433 g/mol. The third kappa shape index (κ3) is 5.29. The van der Waals surface area contributed by atoms with Gasteiger partial charge >= 0.3 is 6.09 Å². The van der Waals surface area contributed by atoms with Crippen molar-refractivity contribution < 1.29 is 14.3 Å². The Labute approximate surface area is 161 Å². The van der Waals surface area contributed by atoms with Gasteiger partial charge in [0.05, 0.1) is 19.3 Å². The van der Waals surface area contributed by atoms with Crippen LogP contribution in [-0.2, 0) is 11.3 Å². The second-order valence-corrected chi connectivity index (χ2v) is 7.64. The molecule has 2 aromatic rings. The molecule has 2 rings (SSSR count). The molecule has 0 saturated carbocycles. The van der Waals surface area contributed by atoms with Crippen molar-refractivity contribution in [3.8, 4) is 5.88 Å². The summed E-state index contributed by atoms with van der Waals surface area (Å²) in [5, 5.41) is 0. The molecule has 0 aliphatic rings. The molecule has 0 atom stereocenters. The van der Waals surface area contributed by atoms with Crippen LogP contribution in [0.25, 0.3) is 0 Å². The van der Waals surface area contributed by atoms with Gasteiger partial charge < -0.3 is 9.47 Å². The van der Waals surface area contributed by atoms with Crippen LogP contribution in [0.4, 0.5) is 10.6 Å². The second-order valence-electron chi connectivity index (χ2n) is 6.47. The molecule has 0 fully saturated rings. The molecule has 25 heavy (non-hydrogen) atoms. The number of pyridine rings is 2. The number of aryl methyl sites for hydroxylation is 1. The first-order valence-corrected chi connectivity index (χ1v) is 8.90. The van der Waals surface area contributed by atoms with Crippen LogP contribution in [0, 0.1) is 10.5 Å². The Morgan fingerprint density at radius 1 is 1.28 bits per heavy atom. The van der Waals surface area contributed by atoms with Gasteiger partial charge in [0.1, 0.15) is 11.4 Å². The van der Waals surface area contributed by atoms with E-state index in [9.17, 15) is 4.79 Å². The van der Waals surface area contributed by atoms with Crippen molar-refractivity contribution in [2.24, 2.45) is 0 Å². The number of rotatable bonds is 4. The lowest BCUT2D eigenvalue weighted by Gasteiger charge is -2.27. The Bertz CT molecular complexity index is 759. The molecule has 0 aliphatic heterocycles. The lowest BCUT2D eigenvalue weighted by molar-refractivity contribution is 0.0576. The minimum absolute atomic E-state index is 0.249. The summed E-state index contributed by atoms with van der Waals surface area (Å²) in [7, 11) is 1.55. The average Bonchev–Trinajstić information content (AvgIpc) is 2.54. The van der Waals surface area contributed by atoms with E-state index in [1.54, 1.807) is 19.4 Å². The zero-order valence-corrected chi connectivity index (χ0v) is 17.2. The summed E-state index contributed by atoms with van der Waals surface area (Å²) < 4.78 is 11.9. The SMILES string of the molecule is COc1ncccc1CN(C(=O)OC(C)(C)C)c1ccc(I)c(C)n1. The van der Waals surface area contributed by atoms with Gasteiger partial charge in [-0.1, -0.05) is 6.07 Å². The summed E-state index contributed by atoms with van der Waals surface area (Å²) in [4.78, 5) is 23.0. The minimum Gasteiger partial charge on any atom is -0.481 e. The van der Waals surface area contributed by atoms with Gasteiger partial charge in [-0.3, -0.25) is 4.90 Å². The number of amides is 1. The molecule has 7 heteroatoms. The molecule has 134 valence electrons. The number of carbonyl (C=O) groups is 1. The molecule has 2 heterocycles. The van der Waals surface area contributed by atoms with Crippen molar-refractivity contribution in [1.82, 2.24) is 9.97 Å². The van der Waals surface area contributed by atoms with Crippen LogP contribution in [0.5, 0.6) is 5.88 Å². The van der Waals surface area contributed by atoms with Crippen LogP contribution in [0.1, 0.15) is 32.0 Å². The predicted molar refractivity (Wildman–Crippen MR) is 105 cm³/mol. The molecule has 0 aromatic carbocycles. The summed E-state index contributed by atoms with van der Waals surface area (Å²) >= 11 is 2.21. The van der Waals surface area contributed by atoms with Crippen molar-refractivity contribution >= 4 is 34.5 Å². The molecule has 0 spiro atoms. The second kappa shape index (κ2) is 7.99. The first-order valence-electron chi connectivity index (χ1n) is 7.83. The van der Waals surface area contributed by atoms with E-state index in [1.807, 2.05) is 45.9 Å². The van der Waals surface area contributed by atoms with Crippen LogP contribution in [-0.4, -0.2) is 28.8 Å². The molecule has 0 aliphatic carbocycles. The summed E-state index contributed by atoms with van der Waals surface area (Å²) in [5.41, 5.74) is 1.02. The van der Waals surface area contributed by atoms with Crippen LogP contribution in [0.15, 0.2) is 30.5 Å². The normalized spacial score (nSPS) is 11.1. The van der Waals surface area contributed by atoms with E-state index < -0.39 is 11.7 Å². The molecular formula is C18H22IN3O3. The van der Waals surface area contributed by atoms with Crippen molar-refractivity contribution in [3.05, 3.63) is 45.3 Å². The van der Waals surface area contributed by atoms with Crippen LogP contribution < -0.4 is 9.64 Å². The first kappa shape index (κ1) is 19.4. The minimum atomic E-state index is -0.605. The first-order chi connectivity index (χ1) is 11.7. The fourth-order valence-electron chi connectivity index (χ4n) is 2.14. The number of carbonyl (C=O) groups excluding carboxylic acids is 1. The molecule has 0 saturated heterocycles. The zero-order valence-electron chi connectivity index (χ0n) is 15.0. The smallest absolute Gasteiger partial charge is 0.416 e. The molecule has 0 bridgehead atoms. The fraction of sp³-hybridized carbons (Fsp3) is 0.389. The standard InChI is InChI=1S/C18H22IN3O3/c1-12-14(19)8-9-15(21-12)22(17(23)25-18(2,3)4)11-13-7-6-10-20-16(13)24-5/h6-10H,11H2,1-5H3. The molecule has 6 nitrogen and oxygen atoms in total. The zero-order chi connectivity index (χ0) is 18.6. The highest BCUT2D eigenvalue weighted by molar-refractivity contribution is 14.1. The predicted octanol–water partition coefficient (Wildman–Crippen LogP) is 4.34. The summed E-state index contributed by atoms with van der Waals surface area (Å²) in [6, 6.07) is 7.40. The van der Waals surface area contributed by atoms with Gasteiger partial charge in [0.2, 0.25) is 5.88 Å². The van der Waals surface area contributed by atoms with E-state index >= 15 is 0 Å². The Hall–Kier alpha value is -1.90. The number of ether oxygens (including phenoxy) is 2. The van der Waals surface area contributed by atoms with Gasteiger partial charge in [-0.15, -0.1) is 0 Å².